The molecule has 1 N–H and O–H groups in total. The number of benzene rings is 1. The van der Waals surface area contributed by atoms with E-state index in [1.807, 2.05) is 18.4 Å². The van der Waals surface area contributed by atoms with Crippen molar-refractivity contribution in [3.63, 3.8) is 0 Å². The molecule has 0 amide bonds. The molecule has 0 unspecified atom stereocenters. The fraction of sp³-hybridized carbons (Fsp3) is 0.333. The molecule has 5 heteroatoms. The van der Waals surface area contributed by atoms with Crippen LogP contribution in [0.2, 0.25) is 0 Å². The minimum atomic E-state index is 0.171. The molecule has 118 valence electrons. The predicted octanol–water partition coefficient (Wildman–Crippen LogP) is 2.53. The van der Waals surface area contributed by atoms with Gasteiger partial charge in [-0.2, -0.15) is 0 Å². The summed E-state index contributed by atoms with van der Waals surface area (Å²) >= 11 is 1.54. The maximum absolute atomic E-state index is 12.5. The molecule has 0 saturated carbocycles. The average Bonchev–Trinajstić information content (AvgIpc) is 3.01. The minimum absolute atomic E-state index is 0.171. The molecule has 4 rings (SSSR count). The van der Waals surface area contributed by atoms with Crippen molar-refractivity contribution in [3.05, 3.63) is 45.4 Å². The van der Waals surface area contributed by atoms with E-state index in [2.05, 4.69) is 33.4 Å². The van der Waals surface area contributed by atoms with Crippen molar-refractivity contribution in [1.29, 1.82) is 0 Å². The van der Waals surface area contributed by atoms with E-state index in [1.165, 1.54) is 5.69 Å². The Morgan fingerprint density at radius 1 is 1.26 bits per heavy atom. The summed E-state index contributed by atoms with van der Waals surface area (Å²) in [5.41, 5.74) is 5.22. The number of thiazole rings is 1. The zero-order chi connectivity index (χ0) is 15.8. The lowest BCUT2D eigenvalue weighted by molar-refractivity contribution is -0.113. The van der Waals surface area contributed by atoms with Crippen molar-refractivity contribution < 1.29 is 4.79 Å². The number of carbonyl (C=O) groups is 1. The van der Waals surface area contributed by atoms with Crippen molar-refractivity contribution in [1.82, 2.24) is 10.3 Å². The molecular formula is C18H19N3OS. The maximum Gasteiger partial charge on any atom is 0.170 e. The van der Waals surface area contributed by atoms with Gasteiger partial charge in [-0.05, 0) is 36.3 Å². The number of nitrogens with zero attached hydrogens (tertiary/aromatic N) is 2. The number of Topliss-reactive ketones (excluding diaryl/α,β-unsaturated/α-hetero) is 1. The number of rotatable bonds is 2. The fourth-order valence-corrected chi connectivity index (χ4v) is 4.00. The topological polar surface area (TPSA) is 45.2 Å². The van der Waals surface area contributed by atoms with Crippen molar-refractivity contribution in [2.24, 2.45) is 0 Å². The van der Waals surface area contributed by atoms with E-state index < -0.39 is 0 Å². The van der Waals surface area contributed by atoms with E-state index in [0.717, 1.165) is 53.6 Å². The van der Waals surface area contributed by atoms with Crippen LogP contribution in [0.5, 0.6) is 0 Å². The van der Waals surface area contributed by atoms with Gasteiger partial charge in [0, 0.05) is 49.4 Å². The third kappa shape index (κ3) is 2.82. The van der Waals surface area contributed by atoms with Gasteiger partial charge in [0.15, 0.2) is 5.78 Å². The first-order valence-electron chi connectivity index (χ1n) is 7.97. The molecule has 0 spiro atoms. The van der Waals surface area contributed by atoms with Crippen molar-refractivity contribution in [2.45, 2.75) is 13.3 Å². The van der Waals surface area contributed by atoms with Crippen LogP contribution in [-0.4, -0.2) is 36.9 Å². The smallest absolute Gasteiger partial charge is 0.170 e. The summed E-state index contributed by atoms with van der Waals surface area (Å²) in [6.45, 7) is 6.03. The first-order valence-corrected chi connectivity index (χ1v) is 8.85. The van der Waals surface area contributed by atoms with Gasteiger partial charge in [0.1, 0.15) is 5.01 Å². The van der Waals surface area contributed by atoms with Gasteiger partial charge >= 0.3 is 0 Å². The molecule has 0 atom stereocenters. The summed E-state index contributed by atoms with van der Waals surface area (Å²) in [5.74, 6) is 0.171. The van der Waals surface area contributed by atoms with Crippen molar-refractivity contribution >= 4 is 34.5 Å². The van der Waals surface area contributed by atoms with Crippen molar-refractivity contribution in [3.8, 4) is 0 Å². The van der Waals surface area contributed by atoms with Gasteiger partial charge in [-0.1, -0.05) is 6.07 Å². The molecule has 1 aliphatic carbocycles. The molecule has 0 radical (unpaired) electrons. The molecule has 4 nitrogen and oxygen atoms in total. The van der Waals surface area contributed by atoms with Gasteiger partial charge in [-0.15, -0.1) is 11.3 Å². The Hall–Kier alpha value is -1.98. The van der Waals surface area contributed by atoms with Gasteiger partial charge in [-0.3, -0.25) is 4.79 Å². The molecule has 2 aromatic rings. The van der Waals surface area contributed by atoms with E-state index in [0.29, 0.717) is 6.42 Å². The van der Waals surface area contributed by atoms with E-state index >= 15 is 0 Å². The lowest BCUT2D eigenvalue weighted by Crippen LogP contribution is -2.43. The van der Waals surface area contributed by atoms with E-state index in [-0.39, 0.29) is 5.78 Å². The van der Waals surface area contributed by atoms with Gasteiger partial charge in [0.05, 0.1) is 5.57 Å². The molecule has 1 aromatic carbocycles. The molecule has 2 aliphatic rings. The summed E-state index contributed by atoms with van der Waals surface area (Å²) in [5, 5.41) is 6.20. The van der Waals surface area contributed by atoms with Gasteiger partial charge < -0.3 is 10.2 Å². The second kappa shape index (κ2) is 5.91. The SMILES string of the molecule is Cc1csc(C2=Cc3ccc(N4CCNCC4)cc3CC2=O)n1. The van der Waals surface area contributed by atoms with Crippen LogP contribution < -0.4 is 10.2 Å². The summed E-state index contributed by atoms with van der Waals surface area (Å²) in [6.07, 6.45) is 2.47. The van der Waals surface area contributed by atoms with Crippen LogP contribution in [0.3, 0.4) is 0 Å². The lowest BCUT2D eigenvalue weighted by Gasteiger charge is -2.30. The third-order valence-corrected chi connectivity index (χ3v) is 5.40. The van der Waals surface area contributed by atoms with E-state index in [4.69, 9.17) is 0 Å². The number of hydrogen-bond acceptors (Lipinski definition) is 5. The summed E-state index contributed by atoms with van der Waals surface area (Å²) in [7, 11) is 0. The Balaban J connectivity index is 1.67. The Morgan fingerprint density at radius 2 is 2.09 bits per heavy atom. The third-order valence-electron chi connectivity index (χ3n) is 4.41. The van der Waals surface area contributed by atoms with Crippen LogP contribution in [-0.2, 0) is 11.2 Å². The second-order valence-corrected chi connectivity index (χ2v) is 6.93. The molecule has 0 bridgehead atoms. The van der Waals surface area contributed by atoms with Gasteiger partial charge in [-0.25, -0.2) is 4.98 Å². The fourth-order valence-electron chi connectivity index (χ4n) is 3.17. The average molecular weight is 325 g/mol. The number of anilines is 1. The molecular weight excluding hydrogens is 306 g/mol. The molecule has 1 fully saturated rings. The second-order valence-electron chi connectivity index (χ2n) is 6.07. The molecule has 23 heavy (non-hydrogen) atoms. The highest BCUT2D eigenvalue weighted by molar-refractivity contribution is 7.11. The Morgan fingerprint density at radius 3 is 2.83 bits per heavy atom. The number of fused-ring (bicyclic) bond motifs is 1. The van der Waals surface area contributed by atoms with Crippen molar-refractivity contribution in [2.75, 3.05) is 31.1 Å². The van der Waals surface area contributed by atoms with Crippen LogP contribution in [0.1, 0.15) is 21.8 Å². The Kier molecular flexibility index (Phi) is 3.75. The first kappa shape index (κ1) is 14.6. The van der Waals surface area contributed by atoms with Crippen LogP contribution >= 0.6 is 11.3 Å². The Labute approximate surface area is 139 Å². The highest BCUT2D eigenvalue weighted by Gasteiger charge is 2.23. The normalized spacial score (nSPS) is 17.9. The van der Waals surface area contributed by atoms with E-state index in [1.54, 1.807) is 11.3 Å². The van der Waals surface area contributed by atoms with Crippen LogP contribution in [0.15, 0.2) is 23.6 Å². The minimum Gasteiger partial charge on any atom is -0.369 e. The molecule has 1 saturated heterocycles. The van der Waals surface area contributed by atoms with Crippen LogP contribution in [0, 0.1) is 6.92 Å². The monoisotopic (exact) mass is 325 g/mol. The molecule has 2 heterocycles. The lowest BCUT2D eigenvalue weighted by atomic mass is 9.91. The number of hydrogen-bond donors (Lipinski definition) is 1. The number of nitrogens with one attached hydrogen (secondary N) is 1. The van der Waals surface area contributed by atoms with Gasteiger partial charge in [0.25, 0.3) is 0 Å². The Bertz CT molecular complexity index is 787. The summed E-state index contributed by atoms with van der Waals surface area (Å²) in [6, 6.07) is 6.49. The zero-order valence-corrected chi connectivity index (χ0v) is 13.9. The van der Waals surface area contributed by atoms with Gasteiger partial charge in [0.2, 0.25) is 0 Å². The highest BCUT2D eigenvalue weighted by Crippen LogP contribution is 2.32. The number of aromatic nitrogens is 1. The maximum atomic E-state index is 12.5. The summed E-state index contributed by atoms with van der Waals surface area (Å²) < 4.78 is 0. The first-order chi connectivity index (χ1) is 11.2. The summed E-state index contributed by atoms with van der Waals surface area (Å²) in [4.78, 5) is 19.4. The number of ketones is 1. The number of piperazine rings is 1. The standard InChI is InChI=1S/C18H19N3OS/c1-12-11-23-18(20-12)16-9-13-2-3-15(8-14(13)10-17(16)22)21-6-4-19-5-7-21/h2-3,8-9,11,19H,4-7,10H2,1H3. The number of allylic oxidation sites excluding steroid dienone is 1. The largest absolute Gasteiger partial charge is 0.369 e. The number of carbonyl (C=O) groups excluding carboxylic acids is 1. The van der Waals surface area contributed by atoms with Crippen LogP contribution in [0.4, 0.5) is 5.69 Å². The molecule has 1 aromatic heterocycles. The number of aryl methyl sites for hydroxylation is 1. The molecule has 1 aliphatic heterocycles. The highest BCUT2D eigenvalue weighted by atomic mass is 32.1. The zero-order valence-electron chi connectivity index (χ0n) is 13.1. The van der Waals surface area contributed by atoms with E-state index in [9.17, 15) is 4.79 Å². The quantitative estimate of drug-likeness (QED) is 0.921. The van der Waals surface area contributed by atoms with Crippen LogP contribution in [0.25, 0.3) is 11.6 Å². The predicted molar refractivity (Wildman–Crippen MR) is 95.0 cm³/mol.